The minimum atomic E-state index is 0.882. The first-order valence-electron chi connectivity index (χ1n) is 7.22. The van der Waals surface area contributed by atoms with Crippen molar-refractivity contribution >= 4 is 0 Å². The third kappa shape index (κ3) is 3.21. The summed E-state index contributed by atoms with van der Waals surface area (Å²) in [6, 6.07) is 0.890. The van der Waals surface area contributed by atoms with Crippen LogP contribution in [0.25, 0.3) is 0 Å². The van der Waals surface area contributed by atoms with Crippen molar-refractivity contribution in [2.24, 2.45) is 11.8 Å². The first-order valence-corrected chi connectivity index (χ1v) is 7.22. The minimum absolute atomic E-state index is 0.882. The van der Waals surface area contributed by atoms with Gasteiger partial charge in [0.15, 0.2) is 0 Å². The number of nitrogens with zero attached hydrogens (tertiary/aromatic N) is 1. The van der Waals surface area contributed by atoms with Gasteiger partial charge in [-0.1, -0.05) is 26.7 Å². The second-order valence-corrected chi connectivity index (χ2v) is 5.96. The second kappa shape index (κ2) is 6.02. The van der Waals surface area contributed by atoms with Gasteiger partial charge in [-0.25, -0.2) is 0 Å². The molecule has 0 spiro atoms. The molecular weight excluding hydrogens is 196 g/mol. The second-order valence-electron chi connectivity index (χ2n) is 5.96. The SMILES string of the molecule is CC(C)C1CCCC(N2CCCNCC2)C1. The summed E-state index contributed by atoms with van der Waals surface area (Å²) in [4.78, 5) is 2.76. The summed E-state index contributed by atoms with van der Waals surface area (Å²) in [5.74, 6) is 1.86. The third-order valence-corrected chi connectivity index (χ3v) is 4.52. The van der Waals surface area contributed by atoms with Crippen molar-refractivity contribution in [3.63, 3.8) is 0 Å². The summed E-state index contributed by atoms with van der Waals surface area (Å²) in [6.07, 6.45) is 7.17. The summed E-state index contributed by atoms with van der Waals surface area (Å²) in [7, 11) is 0. The van der Waals surface area contributed by atoms with Gasteiger partial charge in [0, 0.05) is 19.1 Å². The molecule has 1 saturated heterocycles. The van der Waals surface area contributed by atoms with E-state index in [1.165, 1.54) is 58.3 Å². The van der Waals surface area contributed by atoms with Crippen LogP contribution >= 0.6 is 0 Å². The van der Waals surface area contributed by atoms with E-state index >= 15 is 0 Å². The molecule has 1 saturated carbocycles. The van der Waals surface area contributed by atoms with Crippen molar-refractivity contribution in [1.29, 1.82) is 0 Å². The van der Waals surface area contributed by atoms with Gasteiger partial charge in [0.25, 0.3) is 0 Å². The molecule has 0 aromatic heterocycles. The van der Waals surface area contributed by atoms with Crippen LogP contribution in [0.1, 0.15) is 46.0 Å². The molecule has 2 heteroatoms. The standard InChI is InChI=1S/C14H28N2/c1-12(2)13-5-3-6-14(11-13)16-9-4-7-15-8-10-16/h12-15H,3-11H2,1-2H3. The Kier molecular flexibility index (Phi) is 4.66. The zero-order valence-electron chi connectivity index (χ0n) is 11.0. The number of rotatable bonds is 2. The Hall–Kier alpha value is -0.0800. The quantitative estimate of drug-likeness (QED) is 0.775. The maximum Gasteiger partial charge on any atom is 0.0110 e. The molecule has 1 aliphatic carbocycles. The topological polar surface area (TPSA) is 15.3 Å². The molecule has 0 radical (unpaired) electrons. The maximum absolute atomic E-state index is 3.51. The highest BCUT2D eigenvalue weighted by Crippen LogP contribution is 2.32. The Labute approximate surface area is 101 Å². The van der Waals surface area contributed by atoms with Gasteiger partial charge in [0.2, 0.25) is 0 Å². The highest BCUT2D eigenvalue weighted by Gasteiger charge is 2.28. The Morgan fingerprint density at radius 3 is 2.75 bits per heavy atom. The van der Waals surface area contributed by atoms with E-state index in [0.29, 0.717) is 0 Å². The molecule has 94 valence electrons. The van der Waals surface area contributed by atoms with E-state index in [4.69, 9.17) is 0 Å². The van der Waals surface area contributed by atoms with Crippen LogP contribution in [0.3, 0.4) is 0 Å². The molecule has 0 amide bonds. The third-order valence-electron chi connectivity index (χ3n) is 4.52. The van der Waals surface area contributed by atoms with Crippen LogP contribution < -0.4 is 5.32 Å². The van der Waals surface area contributed by atoms with Crippen molar-refractivity contribution in [2.75, 3.05) is 26.2 Å². The lowest BCUT2D eigenvalue weighted by atomic mass is 9.79. The lowest BCUT2D eigenvalue weighted by molar-refractivity contribution is 0.120. The molecule has 0 aromatic carbocycles. The maximum atomic E-state index is 3.51. The van der Waals surface area contributed by atoms with Gasteiger partial charge in [0.05, 0.1) is 0 Å². The van der Waals surface area contributed by atoms with Crippen LogP contribution in [0.15, 0.2) is 0 Å². The first-order chi connectivity index (χ1) is 7.77. The normalized spacial score (nSPS) is 33.9. The largest absolute Gasteiger partial charge is 0.315 e. The molecule has 1 aliphatic heterocycles. The first kappa shape index (κ1) is 12.4. The lowest BCUT2D eigenvalue weighted by Crippen LogP contribution is -2.41. The summed E-state index contributed by atoms with van der Waals surface area (Å²) in [5, 5.41) is 3.51. The highest BCUT2D eigenvalue weighted by atomic mass is 15.2. The number of hydrogen-bond acceptors (Lipinski definition) is 2. The fourth-order valence-corrected chi connectivity index (χ4v) is 3.37. The average Bonchev–Trinajstić information content (AvgIpc) is 2.57. The van der Waals surface area contributed by atoms with Crippen LogP contribution in [0.2, 0.25) is 0 Å². The van der Waals surface area contributed by atoms with E-state index in [1.807, 2.05) is 0 Å². The van der Waals surface area contributed by atoms with Crippen LogP contribution in [0, 0.1) is 11.8 Å². The van der Waals surface area contributed by atoms with E-state index in [0.717, 1.165) is 17.9 Å². The van der Waals surface area contributed by atoms with Crippen molar-refractivity contribution in [3.05, 3.63) is 0 Å². The predicted molar refractivity (Wildman–Crippen MR) is 69.6 cm³/mol. The Morgan fingerprint density at radius 2 is 1.94 bits per heavy atom. The van der Waals surface area contributed by atoms with Crippen LogP contribution in [-0.2, 0) is 0 Å². The van der Waals surface area contributed by atoms with E-state index in [2.05, 4.69) is 24.1 Å². The molecule has 1 heterocycles. The summed E-state index contributed by atoms with van der Waals surface area (Å²) < 4.78 is 0. The monoisotopic (exact) mass is 224 g/mol. The van der Waals surface area contributed by atoms with Crippen molar-refractivity contribution in [3.8, 4) is 0 Å². The fraction of sp³-hybridized carbons (Fsp3) is 1.00. The van der Waals surface area contributed by atoms with E-state index in [1.54, 1.807) is 0 Å². The summed E-state index contributed by atoms with van der Waals surface area (Å²) in [6.45, 7) is 9.81. The zero-order chi connectivity index (χ0) is 11.4. The molecule has 16 heavy (non-hydrogen) atoms. The van der Waals surface area contributed by atoms with Gasteiger partial charge in [0.1, 0.15) is 0 Å². The van der Waals surface area contributed by atoms with Gasteiger partial charge in [-0.2, -0.15) is 0 Å². The molecule has 2 fully saturated rings. The van der Waals surface area contributed by atoms with Crippen molar-refractivity contribution in [1.82, 2.24) is 10.2 Å². The predicted octanol–water partition coefficient (Wildman–Crippen LogP) is 2.50. The molecule has 2 rings (SSSR count). The van der Waals surface area contributed by atoms with Gasteiger partial charge < -0.3 is 5.32 Å². The van der Waals surface area contributed by atoms with E-state index in [-0.39, 0.29) is 0 Å². The van der Waals surface area contributed by atoms with E-state index in [9.17, 15) is 0 Å². The molecule has 2 atom stereocenters. The van der Waals surface area contributed by atoms with Crippen molar-refractivity contribution in [2.45, 2.75) is 52.0 Å². The Bertz CT molecular complexity index is 195. The Balaban J connectivity index is 1.87. The molecule has 2 nitrogen and oxygen atoms in total. The van der Waals surface area contributed by atoms with Crippen LogP contribution in [0.4, 0.5) is 0 Å². The van der Waals surface area contributed by atoms with E-state index < -0.39 is 0 Å². The van der Waals surface area contributed by atoms with Crippen LogP contribution in [0.5, 0.6) is 0 Å². The zero-order valence-corrected chi connectivity index (χ0v) is 11.0. The fourth-order valence-electron chi connectivity index (χ4n) is 3.37. The molecule has 1 N–H and O–H groups in total. The smallest absolute Gasteiger partial charge is 0.0110 e. The average molecular weight is 224 g/mol. The Morgan fingerprint density at radius 1 is 1.06 bits per heavy atom. The summed E-state index contributed by atoms with van der Waals surface area (Å²) >= 11 is 0. The lowest BCUT2D eigenvalue weighted by Gasteiger charge is -2.38. The molecule has 2 aliphatic rings. The highest BCUT2D eigenvalue weighted by molar-refractivity contribution is 4.83. The molecule has 0 bridgehead atoms. The summed E-state index contributed by atoms with van der Waals surface area (Å²) in [5.41, 5.74) is 0. The molecule has 0 aromatic rings. The number of nitrogens with one attached hydrogen (secondary N) is 1. The van der Waals surface area contributed by atoms with Crippen LogP contribution in [-0.4, -0.2) is 37.1 Å². The van der Waals surface area contributed by atoms with Gasteiger partial charge in [-0.15, -0.1) is 0 Å². The molecular formula is C14H28N2. The minimum Gasteiger partial charge on any atom is -0.315 e. The molecule has 2 unspecified atom stereocenters. The van der Waals surface area contributed by atoms with Gasteiger partial charge >= 0.3 is 0 Å². The van der Waals surface area contributed by atoms with Gasteiger partial charge in [-0.3, -0.25) is 4.90 Å². The van der Waals surface area contributed by atoms with Crippen molar-refractivity contribution < 1.29 is 0 Å². The van der Waals surface area contributed by atoms with Gasteiger partial charge in [-0.05, 0) is 44.2 Å². The number of hydrogen-bond donors (Lipinski definition) is 1.